The van der Waals surface area contributed by atoms with Crippen LogP contribution in [0.25, 0.3) is 17.1 Å². The Morgan fingerprint density at radius 1 is 1.07 bits per heavy atom. The van der Waals surface area contributed by atoms with Crippen molar-refractivity contribution in [3.05, 3.63) is 54.4 Å². The minimum absolute atomic E-state index is 0.429. The molecule has 0 unspecified atom stereocenters. The number of rotatable bonds is 7. The van der Waals surface area contributed by atoms with Crippen LogP contribution in [0.2, 0.25) is 0 Å². The van der Waals surface area contributed by atoms with Crippen LogP contribution in [-0.2, 0) is 5.75 Å². The zero-order valence-electron chi connectivity index (χ0n) is 15.1. The lowest BCUT2D eigenvalue weighted by Crippen LogP contribution is -1.98. The average molecular weight is 396 g/mol. The quantitative estimate of drug-likeness (QED) is 0.436. The lowest BCUT2D eigenvalue weighted by atomic mass is 10.2. The summed E-state index contributed by atoms with van der Waals surface area (Å²) in [6, 6.07) is 15.1. The first kappa shape index (κ1) is 18.0. The van der Waals surface area contributed by atoms with E-state index in [1.807, 2.05) is 42.5 Å². The van der Waals surface area contributed by atoms with Crippen molar-refractivity contribution in [1.29, 1.82) is 0 Å². The standard InChI is InChI=1S/C18H16N6O3S/c1-25-13-8-9-14(15(10-13)26-2)17-19-16(27-21-17)11-28-18-20-22-23-24(18)12-6-4-3-5-7-12/h3-10H,11H2,1-2H3. The number of methoxy groups -OCH3 is 2. The summed E-state index contributed by atoms with van der Waals surface area (Å²) in [7, 11) is 3.18. The van der Waals surface area contributed by atoms with Crippen molar-refractivity contribution in [3.8, 4) is 28.6 Å². The van der Waals surface area contributed by atoms with E-state index < -0.39 is 0 Å². The highest BCUT2D eigenvalue weighted by Gasteiger charge is 2.16. The van der Waals surface area contributed by atoms with Crippen LogP contribution < -0.4 is 9.47 Å². The number of benzene rings is 2. The van der Waals surface area contributed by atoms with E-state index in [1.54, 1.807) is 25.0 Å². The van der Waals surface area contributed by atoms with Gasteiger partial charge in [0.2, 0.25) is 16.9 Å². The Morgan fingerprint density at radius 2 is 1.93 bits per heavy atom. The van der Waals surface area contributed by atoms with Crippen LogP contribution in [0.1, 0.15) is 5.89 Å². The summed E-state index contributed by atoms with van der Waals surface area (Å²) in [6.45, 7) is 0. The molecule has 0 aliphatic carbocycles. The van der Waals surface area contributed by atoms with Gasteiger partial charge in [0.25, 0.3) is 0 Å². The van der Waals surface area contributed by atoms with Crippen LogP contribution in [0.15, 0.2) is 58.2 Å². The molecule has 4 aromatic rings. The molecule has 0 radical (unpaired) electrons. The lowest BCUT2D eigenvalue weighted by Gasteiger charge is -2.07. The van der Waals surface area contributed by atoms with Gasteiger partial charge in [0.15, 0.2) is 0 Å². The van der Waals surface area contributed by atoms with E-state index >= 15 is 0 Å². The van der Waals surface area contributed by atoms with Crippen LogP contribution in [0, 0.1) is 0 Å². The third-order valence-corrected chi connectivity index (χ3v) is 4.79. The Hall–Kier alpha value is -3.40. The molecular weight excluding hydrogens is 380 g/mol. The van der Waals surface area contributed by atoms with Gasteiger partial charge < -0.3 is 14.0 Å². The molecule has 9 nitrogen and oxygen atoms in total. The normalized spacial score (nSPS) is 10.8. The highest BCUT2D eigenvalue weighted by atomic mass is 32.2. The maximum Gasteiger partial charge on any atom is 0.237 e. The minimum Gasteiger partial charge on any atom is -0.497 e. The fourth-order valence-electron chi connectivity index (χ4n) is 2.53. The van der Waals surface area contributed by atoms with Crippen LogP contribution >= 0.6 is 11.8 Å². The molecule has 28 heavy (non-hydrogen) atoms. The summed E-state index contributed by atoms with van der Waals surface area (Å²) < 4.78 is 17.6. The highest BCUT2D eigenvalue weighted by molar-refractivity contribution is 7.98. The fraction of sp³-hybridized carbons (Fsp3) is 0.167. The molecule has 0 bridgehead atoms. The number of hydrogen-bond donors (Lipinski definition) is 0. The van der Waals surface area contributed by atoms with E-state index in [4.69, 9.17) is 14.0 Å². The molecule has 0 saturated carbocycles. The predicted octanol–water partition coefficient (Wildman–Crippen LogP) is 3.02. The van der Waals surface area contributed by atoms with E-state index in [2.05, 4.69) is 25.7 Å². The molecular formula is C18H16N6O3S. The molecule has 4 rings (SSSR count). The first-order chi connectivity index (χ1) is 13.8. The number of para-hydroxylation sites is 1. The predicted molar refractivity (Wildman–Crippen MR) is 102 cm³/mol. The largest absolute Gasteiger partial charge is 0.497 e. The Morgan fingerprint density at radius 3 is 2.71 bits per heavy atom. The van der Waals surface area contributed by atoms with Gasteiger partial charge in [-0.25, -0.2) is 0 Å². The number of aromatic nitrogens is 6. The Bertz CT molecular complexity index is 1070. The fourth-order valence-corrected chi connectivity index (χ4v) is 3.26. The molecule has 0 fully saturated rings. The zero-order chi connectivity index (χ0) is 19.3. The second-order valence-corrected chi connectivity index (χ2v) is 6.52. The lowest BCUT2D eigenvalue weighted by molar-refractivity contribution is 0.388. The molecule has 142 valence electrons. The summed E-state index contributed by atoms with van der Waals surface area (Å²) in [5.74, 6) is 2.62. The molecule has 0 aliphatic rings. The number of ether oxygens (including phenoxy) is 2. The van der Waals surface area contributed by atoms with Crippen molar-refractivity contribution in [2.45, 2.75) is 10.9 Å². The van der Waals surface area contributed by atoms with Gasteiger partial charge in [0.1, 0.15) is 11.5 Å². The van der Waals surface area contributed by atoms with E-state index in [-0.39, 0.29) is 0 Å². The number of tetrazole rings is 1. The van der Waals surface area contributed by atoms with Crippen LogP contribution in [0.3, 0.4) is 0 Å². The van der Waals surface area contributed by atoms with Gasteiger partial charge >= 0.3 is 0 Å². The molecule has 0 aliphatic heterocycles. The number of nitrogens with zero attached hydrogens (tertiary/aromatic N) is 6. The maximum atomic E-state index is 5.40. The van der Waals surface area contributed by atoms with Gasteiger partial charge in [-0.05, 0) is 34.7 Å². The Labute approximate surface area is 164 Å². The molecule has 0 N–H and O–H groups in total. The molecule has 2 heterocycles. The van der Waals surface area contributed by atoms with Crippen LogP contribution in [-0.4, -0.2) is 44.6 Å². The smallest absolute Gasteiger partial charge is 0.237 e. The van der Waals surface area contributed by atoms with Gasteiger partial charge in [-0.3, -0.25) is 0 Å². The van der Waals surface area contributed by atoms with Gasteiger partial charge in [-0.1, -0.05) is 35.1 Å². The van der Waals surface area contributed by atoms with E-state index in [9.17, 15) is 0 Å². The molecule has 0 amide bonds. The van der Waals surface area contributed by atoms with Crippen molar-refractivity contribution >= 4 is 11.8 Å². The molecule has 0 spiro atoms. The molecule has 2 aromatic carbocycles. The van der Waals surface area contributed by atoms with Gasteiger partial charge in [0, 0.05) is 6.07 Å². The third kappa shape index (κ3) is 3.67. The monoisotopic (exact) mass is 396 g/mol. The van der Waals surface area contributed by atoms with Crippen molar-refractivity contribution < 1.29 is 14.0 Å². The van der Waals surface area contributed by atoms with Crippen molar-refractivity contribution in [2.24, 2.45) is 0 Å². The molecule has 0 saturated heterocycles. The molecule has 10 heteroatoms. The third-order valence-electron chi connectivity index (χ3n) is 3.88. The highest BCUT2D eigenvalue weighted by Crippen LogP contribution is 2.32. The summed E-state index contributed by atoms with van der Waals surface area (Å²) in [5.41, 5.74) is 1.60. The van der Waals surface area contributed by atoms with Gasteiger partial charge in [0.05, 0.1) is 31.2 Å². The van der Waals surface area contributed by atoms with E-state index in [0.29, 0.717) is 34.1 Å². The number of hydrogen-bond acceptors (Lipinski definition) is 9. The first-order valence-electron chi connectivity index (χ1n) is 8.30. The van der Waals surface area contributed by atoms with Crippen LogP contribution in [0.5, 0.6) is 11.5 Å². The number of thioether (sulfide) groups is 1. The second-order valence-electron chi connectivity index (χ2n) is 5.58. The summed E-state index contributed by atoms with van der Waals surface area (Å²) in [6.07, 6.45) is 0. The Balaban J connectivity index is 1.51. The molecule has 0 atom stereocenters. The SMILES string of the molecule is COc1ccc(-c2noc(CSc3nnnn3-c3ccccc3)n2)c(OC)c1. The topological polar surface area (TPSA) is 101 Å². The van der Waals surface area contributed by atoms with Crippen molar-refractivity contribution in [3.63, 3.8) is 0 Å². The summed E-state index contributed by atoms with van der Waals surface area (Å²) in [5, 5.41) is 16.5. The second kappa shape index (κ2) is 8.09. The van der Waals surface area contributed by atoms with Crippen LogP contribution in [0.4, 0.5) is 0 Å². The van der Waals surface area contributed by atoms with Gasteiger partial charge in [-0.15, -0.1) is 5.10 Å². The maximum absolute atomic E-state index is 5.40. The van der Waals surface area contributed by atoms with Gasteiger partial charge in [-0.2, -0.15) is 9.67 Å². The summed E-state index contributed by atoms with van der Waals surface area (Å²) in [4.78, 5) is 4.45. The Kier molecular flexibility index (Phi) is 5.20. The average Bonchev–Trinajstić information content (AvgIpc) is 3.41. The van der Waals surface area contributed by atoms with Crippen molar-refractivity contribution in [1.82, 2.24) is 30.3 Å². The summed E-state index contributed by atoms with van der Waals surface area (Å²) >= 11 is 1.41. The minimum atomic E-state index is 0.429. The zero-order valence-corrected chi connectivity index (χ0v) is 16.0. The van der Waals surface area contributed by atoms with Crippen molar-refractivity contribution in [2.75, 3.05) is 14.2 Å². The van der Waals surface area contributed by atoms with E-state index in [1.165, 1.54) is 11.8 Å². The molecule has 2 aromatic heterocycles. The van der Waals surface area contributed by atoms with E-state index in [0.717, 1.165) is 11.3 Å². The first-order valence-corrected chi connectivity index (χ1v) is 9.28.